The fourth-order valence-electron chi connectivity index (χ4n) is 4.99. The monoisotopic (exact) mass is 467 g/mol. The molecule has 2 amide bonds. The topological polar surface area (TPSA) is 116 Å². The normalized spacial score (nSPS) is 22.3. The summed E-state index contributed by atoms with van der Waals surface area (Å²) >= 11 is 0. The molecule has 3 N–H and O–H groups in total. The molecule has 4 unspecified atom stereocenters. The first-order valence-electron chi connectivity index (χ1n) is 12.6. The number of tetrazole rings is 1. The van der Waals surface area contributed by atoms with E-state index in [0.29, 0.717) is 30.6 Å². The van der Waals surface area contributed by atoms with Crippen LogP contribution in [0.25, 0.3) is 0 Å². The van der Waals surface area contributed by atoms with E-state index < -0.39 is 6.17 Å². The first-order chi connectivity index (χ1) is 16.4. The largest absolute Gasteiger partial charge is 0.332 e. The molecule has 184 valence electrons. The summed E-state index contributed by atoms with van der Waals surface area (Å²) in [5.74, 6) is 0.615. The van der Waals surface area contributed by atoms with E-state index in [4.69, 9.17) is 0 Å². The van der Waals surface area contributed by atoms with E-state index in [1.165, 1.54) is 0 Å². The first kappa shape index (κ1) is 24.3. The Labute approximate surface area is 201 Å². The van der Waals surface area contributed by atoms with Crippen LogP contribution in [0, 0.1) is 17.8 Å². The number of aromatic nitrogens is 4. The number of H-pyrrole nitrogens is 1. The standard InChI is InChI=1S/C25H37N7O2/c1-5-8-19(22-28-30-31-29-22)20(13-15(2)3)24(33)27-23-25(34)32(14-17-11-12-17)21-10-7-6-9-18(21)16(4)26-23/h6-7,9-10,15-17,19-20,23,26H,5,8,11-14H2,1-4H3,(H,27,33)(H,28,29,30,31). The smallest absolute Gasteiger partial charge is 0.264 e. The molecule has 1 aromatic carbocycles. The summed E-state index contributed by atoms with van der Waals surface area (Å²) in [6.45, 7) is 9.02. The number of para-hydroxylation sites is 1. The third kappa shape index (κ3) is 5.46. The SMILES string of the molecule is CCCC(c1nn[nH]n1)C(CC(C)C)C(=O)NC1NC(C)c2ccccc2N(CC2CC2)C1=O. The number of carbonyl (C=O) groups excluding carboxylic acids is 2. The van der Waals surface area contributed by atoms with Crippen LogP contribution >= 0.6 is 0 Å². The number of aromatic amines is 1. The third-order valence-electron chi connectivity index (χ3n) is 6.89. The number of rotatable bonds is 10. The van der Waals surface area contributed by atoms with Gasteiger partial charge in [-0.2, -0.15) is 5.21 Å². The maximum Gasteiger partial charge on any atom is 0.264 e. The van der Waals surface area contributed by atoms with Crippen molar-refractivity contribution in [1.82, 2.24) is 31.3 Å². The zero-order chi connectivity index (χ0) is 24.2. The molecular weight excluding hydrogens is 430 g/mol. The van der Waals surface area contributed by atoms with Crippen molar-refractivity contribution in [2.45, 2.75) is 77.9 Å². The molecule has 4 atom stereocenters. The minimum Gasteiger partial charge on any atom is -0.332 e. The highest BCUT2D eigenvalue weighted by molar-refractivity contribution is 6.00. The Morgan fingerprint density at radius 2 is 2.03 bits per heavy atom. The summed E-state index contributed by atoms with van der Waals surface area (Å²) in [5.41, 5.74) is 2.01. The van der Waals surface area contributed by atoms with Crippen molar-refractivity contribution >= 4 is 17.5 Å². The molecule has 1 fully saturated rings. The maximum atomic E-state index is 13.7. The maximum absolute atomic E-state index is 13.7. The van der Waals surface area contributed by atoms with Gasteiger partial charge in [0.1, 0.15) is 0 Å². The molecule has 9 heteroatoms. The Bertz CT molecular complexity index is 973. The van der Waals surface area contributed by atoms with Gasteiger partial charge in [0.05, 0.1) is 0 Å². The predicted molar refractivity (Wildman–Crippen MR) is 130 cm³/mol. The molecule has 0 saturated heterocycles. The van der Waals surface area contributed by atoms with Crippen LogP contribution in [0.2, 0.25) is 0 Å². The number of anilines is 1. The fourth-order valence-corrected chi connectivity index (χ4v) is 4.99. The molecule has 34 heavy (non-hydrogen) atoms. The molecule has 1 aromatic heterocycles. The number of hydrogen-bond donors (Lipinski definition) is 3. The van der Waals surface area contributed by atoms with Crippen LogP contribution in [-0.4, -0.2) is 45.1 Å². The Balaban J connectivity index is 1.59. The van der Waals surface area contributed by atoms with E-state index >= 15 is 0 Å². The summed E-state index contributed by atoms with van der Waals surface area (Å²) in [4.78, 5) is 29.3. The molecule has 0 spiro atoms. The van der Waals surface area contributed by atoms with Gasteiger partial charge in [0, 0.05) is 30.1 Å². The van der Waals surface area contributed by atoms with Gasteiger partial charge in [-0.25, -0.2) is 0 Å². The quantitative estimate of drug-likeness (QED) is 0.494. The van der Waals surface area contributed by atoms with Crippen molar-refractivity contribution in [3.8, 4) is 0 Å². The van der Waals surface area contributed by atoms with E-state index in [2.05, 4.69) is 58.1 Å². The minimum atomic E-state index is -0.796. The summed E-state index contributed by atoms with van der Waals surface area (Å²) in [5, 5.41) is 21.1. The molecule has 2 aromatic rings. The lowest BCUT2D eigenvalue weighted by atomic mass is 9.81. The molecule has 1 aliphatic carbocycles. The first-order valence-corrected chi connectivity index (χ1v) is 12.6. The van der Waals surface area contributed by atoms with Crippen molar-refractivity contribution in [1.29, 1.82) is 0 Å². The van der Waals surface area contributed by atoms with Crippen LogP contribution in [0.1, 0.15) is 83.1 Å². The second-order valence-corrected chi connectivity index (χ2v) is 10.2. The van der Waals surface area contributed by atoms with Crippen molar-refractivity contribution in [2.24, 2.45) is 17.8 Å². The van der Waals surface area contributed by atoms with Gasteiger partial charge in [-0.05, 0) is 56.1 Å². The highest BCUT2D eigenvalue weighted by Gasteiger charge is 2.39. The molecule has 0 radical (unpaired) electrons. The molecular formula is C25H37N7O2. The number of carbonyl (C=O) groups is 2. The van der Waals surface area contributed by atoms with Crippen LogP contribution in [0.15, 0.2) is 24.3 Å². The molecule has 1 saturated carbocycles. The highest BCUT2D eigenvalue weighted by atomic mass is 16.2. The Kier molecular flexibility index (Phi) is 7.60. The Hall–Kier alpha value is -2.81. The summed E-state index contributed by atoms with van der Waals surface area (Å²) in [7, 11) is 0. The van der Waals surface area contributed by atoms with Crippen molar-refractivity contribution < 1.29 is 9.59 Å². The van der Waals surface area contributed by atoms with E-state index in [-0.39, 0.29) is 29.7 Å². The Morgan fingerprint density at radius 3 is 2.68 bits per heavy atom. The van der Waals surface area contributed by atoms with Crippen molar-refractivity contribution in [2.75, 3.05) is 11.4 Å². The predicted octanol–water partition coefficient (Wildman–Crippen LogP) is 3.30. The van der Waals surface area contributed by atoms with E-state index in [0.717, 1.165) is 36.9 Å². The van der Waals surface area contributed by atoms with Gasteiger partial charge in [0.2, 0.25) is 5.91 Å². The highest BCUT2D eigenvalue weighted by Crippen LogP contribution is 2.36. The van der Waals surface area contributed by atoms with Crippen molar-refractivity contribution in [3.63, 3.8) is 0 Å². The van der Waals surface area contributed by atoms with Crippen LogP contribution in [-0.2, 0) is 9.59 Å². The van der Waals surface area contributed by atoms with Crippen LogP contribution in [0.3, 0.4) is 0 Å². The van der Waals surface area contributed by atoms with E-state index in [1.54, 1.807) is 0 Å². The van der Waals surface area contributed by atoms with Gasteiger partial charge >= 0.3 is 0 Å². The molecule has 9 nitrogen and oxygen atoms in total. The number of benzene rings is 1. The van der Waals surface area contributed by atoms with Gasteiger partial charge in [0.25, 0.3) is 5.91 Å². The number of nitrogens with one attached hydrogen (secondary N) is 3. The third-order valence-corrected chi connectivity index (χ3v) is 6.89. The van der Waals surface area contributed by atoms with Gasteiger partial charge in [-0.15, -0.1) is 10.2 Å². The van der Waals surface area contributed by atoms with Crippen LogP contribution < -0.4 is 15.5 Å². The van der Waals surface area contributed by atoms with Gasteiger partial charge < -0.3 is 10.2 Å². The van der Waals surface area contributed by atoms with Crippen LogP contribution in [0.4, 0.5) is 5.69 Å². The molecule has 2 heterocycles. The summed E-state index contributed by atoms with van der Waals surface area (Å²) in [6.07, 6.45) is 3.83. The second-order valence-electron chi connectivity index (χ2n) is 10.2. The lowest BCUT2D eigenvalue weighted by molar-refractivity contribution is -0.131. The average molecular weight is 468 g/mol. The number of hydrogen-bond acceptors (Lipinski definition) is 6. The molecule has 4 rings (SSSR count). The van der Waals surface area contributed by atoms with Crippen LogP contribution in [0.5, 0.6) is 0 Å². The number of amides is 2. The van der Waals surface area contributed by atoms with Crippen molar-refractivity contribution in [3.05, 3.63) is 35.7 Å². The second kappa shape index (κ2) is 10.6. The van der Waals surface area contributed by atoms with Gasteiger partial charge in [-0.1, -0.05) is 50.6 Å². The van der Waals surface area contributed by atoms with E-state index in [9.17, 15) is 9.59 Å². The molecule has 1 aliphatic heterocycles. The Morgan fingerprint density at radius 1 is 1.26 bits per heavy atom. The van der Waals surface area contributed by atoms with E-state index in [1.807, 2.05) is 30.0 Å². The average Bonchev–Trinajstić information content (AvgIpc) is 3.49. The number of nitrogens with zero attached hydrogens (tertiary/aromatic N) is 4. The van der Waals surface area contributed by atoms with Gasteiger partial charge in [-0.3, -0.25) is 14.9 Å². The lowest BCUT2D eigenvalue weighted by Crippen LogP contribution is -2.57. The summed E-state index contributed by atoms with van der Waals surface area (Å²) < 4.78 is 0. The zero-order valence-corrected chi connectivity index (χ0v) is 20.6. The van der Waals surface area contributed by atoms with Gasteiger partial charge in [0.15, 0.2) is 12.0 Å². The minimum absolute atomic E-state index is 0.0816. The fraction of sp³-hybridized carbons (Fsp3) is 0.640. The molecule has 0 bridgehead atoms. The zero-order valence-electron chi connectivity index (χ0n) is 20.6. The number of fused-ring (bicyclic) bond motifs is 1. The lowest BCUT2D eigenvalue weighted by Gasteiger charge is -2.30. The summed E-state index contributed by atoms with van der Waals surface area (Å²) in [6, 6.07) is 7.94. The molecule has 2 aliphatic rings.